The maximum Gasteiger partial charge on any atom is 0.0956 e. The summed E-state index contributed by atoms with van der Waals surface area (Å²) in [4.78, 5) is 4.96. The molecule has 0 aromatic carbocycles. The van der Waals surface area contributed by atoms with Gasteiger partial charge < -0.3 is 14.5 Å². The Kier molecular flexibility index (Phi) is 6.14. The van der Waals surface area contributed by atoms with Gasteiger partial charge in [0.25, 0.3) is 0 Å². The normalized spacial score (nSPS) is 48.1. The van der Waals surface area contributed by atoms with E-state index < -0.39 is 0 Å². The van der Waals surface area contributed by atoms with Gasteiger partial charge in [-0.05, 0) is 138 Å². The molecule has 4 fully saturated rings. The summed E-state index contributed by atoms with van der Waals surface area (Å²) in [6, 6.07) is 0.622. The molecule has 3 heterocycles. The molecule has 35 heavy (non-hydrogen) atoms. The van der Waals surface area contributed by atoms with Crippen LogP contribution in [0.25, 0.3) is 0 Å². The van der Waals surface area contributed by atoms with Crippen LogP contribution >= 0.6 is 0 Å². The molecule has 0 aromatic heterocycles. The number of hydrogen-bond donors (Lipinski definition) is 0. The molecule has 0 radical (unpaired) electrons. The highest BCUT2D eigenvalue weighted by Gasteiger charge is 2.67. The third kappa shape index (κ3) is 3.76. The van der Waals surface area contributed by atoms with Gasteiger partial charge in [-0.15, -0.1) is 0 Å². The van der Waals surface area contributed by atoms with Crippen molar-refractivity contribution in [3.8, 4) is 0 Å². The summed E-state index contributed by atoms with van der Waals surface area (Å²) in [6.07, 6.45) is 19.8. The lowest BCUT2D eigenvalue weighted by molar-refractivity contribution is -0.149. The summed E-state index contributed by atoms with van der Waals surface area (Å²) in [7, 11) is 6.80. The summed E-state index contributed by atoms with van der Waals surface area (Å²) in [5, 5.41) is 0. The van der Waals surface area contributed by atoms with Crippen molar-refractivity contribution in [1.29, 1.82) is 0 Å². The van der Waals surface area contributed by atoms with Gasteiger partial charge in [-0.3, -0.25) is 0 Å². The quantitative estimate of drug-likeness (QED) is 0.436. The van der Waals surface area contributed by atoms with Crippen molar-refractivity contribution >= 4 is 0 Å². The Bertz CT molecular complexity index is 892. The number of nitrogens with zero attached hydrogens (tertiary/aromatic N) is 2. The first-order valence-corrected chi connectivity index (χ1v) is 15.1. The van der Waals surface area contributed by atoms with Crippen LogP contribution in [-0.4, -0.2) is 61.3 Å². The Morgan fingerprint density at radius 1 is 1.17 bits per heavy atom. The molecule has 3 unspecified atom stereocenters. The van der Waals surface area contributed by atoms with E-state index in [4.69, 9.17) is 4.74 Å². The van der Waals surface area contributed by atoms with Crippen LogP contribution in [0.4, 0.5) is 0 Å². The van der Waals surface area contributed by atoms with E-state index in [1.165, 1.54) is 89.3 Å². The fourth-order valence-electron chi connectivity index (χ4n) is 10.3. The number of rotatable bonds is 5. The topological polar surface area (TPSA) is 15.7 Å². The monoisotopic (exact) mass is 480 g/mol. The van der Waals surface area contributed by atoms with E-state index in [9.17, 15) is 0 Å². The Hall–Kier alpha value is -0.640. The van der Waals surface area contributed by atoms with Gasteiger partial charge >= 0.3 is 0 Å². The van der Waals surface area contributed by atoms with Gasteiger partial charge in [-0.1, -0.05) is 39.3 Å². The van der Waals surface area contributed by atoms with Crippen molar-refractivity contribution in [3.63, 3.8) is 0 Å². The zero-order chi connectivity index (χ0) is 24.6. The summed E-state index contributed by atoms with van der Waals surface area (Å²) >= 11 is 0. The molecule has 3 aliphatic carbocycles. The first-order valence-electron chi connectivity index (χ1n) is 15.1. The van der Waals surface area contributed by atoms with Gasteiger partial charge in [0.05, 0.1) is 11.2 Å². The van der Waals surface area contributed by atoms with Crippen LogP contribution in [0.5, 0.6) is 0 Å². The Labute approximate surface area is 215 Å². The second kappa shape index (κ2) is 8.70. The second-order valence-electron chi connectivity index (χ2n) is 14.5. The number of piperidine rings is 1. The number of fused-ring (bicyclic) bond motifs is 1. The van der Waals surface area contributed by atoms with Gasteiger partial charge in [-0.2, -0.15) is 0 Å². The third-order valence-corrected chi connectivity index (χ3v) is 12.5. The molecule has 2 bridgehead atoms. The SMILES string of the molecule is CC1CN(C)CCC1CCC(C)[C@H]1CC[C@@H]2[C@]1(C)CCC1=CC3=CC[C@@H](N(C)C)C[C@]34CC[C@@]12O4. The second-order valence-corrected chi connectivity index (χ2v) is 14.5. The molecule has 2 spiro atoms. The van der Waals surface area contributed by atoms with Crippen molar-refractivity contribution in [2.24, 2.45) is 35.0 Å². The molecular formula is C32H52N2O. The standard InChI is InChI=1S/C32H52N2O/c1-22(7-8-24-14-18-34(6)21-23(24)2)28-11-12-29-30(28,3)15-13-26-19-25-9-10-27(33(4)5)20-31(25)16-17-32(26,29)35-31/h9,19,22-24,27-29H,7-8,10-18,20-21H2,1-6H3/t22?,23?,24?,27-,28-,29-,30-,31-,32-/m1/s1. The highest BCUT2D eigenvalue weighted by Crippen LogP contribution is 2.69. The molecule has 0 amide bonds. The molecule has 0 aromatic rings. The van der Waals surface area contributed by atoms with Crippen LogP contribution in [0, 0.1) is 35.0 Å². The summed E-state index contributed by atoms with van der Waals surface area (Å²) in [6.45, 7) is 10.4. The lowest BCUT2D eigenvalue weighted by Crippen LogP contribution is -2.56. The molecule has 2 saturated heterocycles. The lowest BCUT2D eigenvalue weighted by Gasteiger charge is -2.56. The maximum atomic E-state index is 7.48. The average Bonchev–Trinajstić information content (AvgIpc) is 3.33. The third-order valence-electron chi connectivity index (χ3n) is 12.5. The fourth-order valence-corrected chi connectivity index (χ4v) is 10.3. The van der Waals surface area contributed by atoms with Crippen LogP contribution in [-0.2, 0) is 4.74 Å². The van der Waals surface area contributed by atoms with Crippen LogP contribution < -0.4 is 0 Å². The molecule has 0 N–H and O–H groups in total. The smallest absolute Gasteiger partial charge is 0.0956 e. The van der Waals surface area contributed by atoms with Crippen LogP contribution in [0.3, 0.4) is 0 Å². The van der Waals surface area contributed by atoms with Crippen LogP contribution in [0.15, 0.2) is 23.3 Å². The van der Waals surface area contributed by atoms with E-state index in [2.05, 4.69) is 63.9 Å². The number of hydrogen-bond acceptors (Lipinski definition) is 3. The van der Waals surface area contributed by atoms with Crippen molar-refractivity contribution in [2.45, 2.75) is 109 Å². The van der Waals surface area contributed by atoms with Gasteiger partial charge in [0.2, 0.25) is 0 Å². The van der Waals surface area contributed by atoms with E-state index in [0.717, 1.165) is 29.6 Å². The zero-order valence-corrected chi connectivity index (χ0v) is 23.6. The molecule has 3 nitrogen and oxygen atoms in total. The van der Waals surface area contributed by atoms with Crippen LogP contribution in [0.2, 0.25) is 0 Å². The minimum Gasteiger partial charge on any atom is -0.359 e. The Balaban J connectivity index is 1.20. The van der Waals surface area contributed by atoms with Gasteiger partial charge in [0.15, 0.2) is 0 Å². The summed E-state index contributed by atoms with van der Waals surface area (Å²) in [5.74, 6) is 4.26. The van der Waals surface area contributed by atoms with Gasteiger partial charge in [0, 0.05) is 12.6 Å². The largest absolute Gasteiger partial charge is 0.359 e. The molecule has 3 heteroatoms. The van der Waals surface area contributed by atoms with E-state index in [-0.39, 0.29) is 11.2 Å². The Morgan fingerprint density at radius 2 is 2.00 bits per heavy atom. The first-order chi connectivity index (χ1) is 16.7. The van der Waals surface area contributed by atoms with E-state index in [1.807, 2.05) is 0 Å². The van der Waals surface area contributed by atoms with Crippen molar-refractivity contribution in [3.05, 3.63) is 23.3 Å². The number of ether oxygens (including phenoxy) is 1. The molecule has 196 valence electrons. The molecular weight excluding hydrogens is 428 g/mol. The highest BCUT2D eigenvalue weighted by molar-refractivity contribution is 5.47. The number of likely N-dealkylation sites (tertiary alicyclic amines) is 1. The molecule has 2 saturated carbocycles. The van der Waals surface area contributed by atoms with Crippen molar-refractivity contribution in [2.75, 3.05) is 34.2 Å². The minimum absolute atomic E-state index is 0.00290. The molecule has 9 atom stereocenters. The van der Waals surface area contributed by atoms with Gasteiger partial charge in [-0.25, -0.2) is 0 Å². The van der Waals surface area contributed by atoms with E-state index >= 15 is 0 Å². The predicted molar refractivity (Wildman–Crippen MR) is 145 cm³/mol. The maximum absolute atomic E-state index is 7.48. The van der Waals surface area contributed by atoms with Gasteiger partial charge in [0.1, 0.15) is 0 Å². The Morgan fingerprint density at radius 3 is 2.77 bits per heavy atom. The zero-order valence-electron chi connectivity index (χ0n) is 23.6. The van der Waals surface area contributed by atoms with E-state index in [0.29, 0.717) is 11.5 Å². The van der Waals surface area contributed by atoms with E-state index in [1.54, 1.807) is 5.57 Å². The first kappa shape index (κ1) is 24.7. The lowest BCUT2D eigenvalue weighted by atomic mass is 9.55. The molecule has 3 aliphatic heterocycles. The minimum atomic E-state index is 0.00290. The molecule has 6 aliphatic rings. The van der Waals surface area contributed by atoms with Crippen molar-refractivity contribution in [1.82, 2.24) is 9.80 Å². The predicted octanol–water partition coefficient (Wildman–Crippen LogP) is 6.70. The molecule has 6 rings (SSSR count). The average molecular weight is 481 g/mol. The van der Waals surface area contributed by atoms with Crippen molar-refractivity contribution < 1.29 is 4.74 Å². The fraction of sp³-hybridized carbons (Fsp3) is 0.875. The summed E-state index contributed by atoms with van der Waals surface area (Å²) < 4.78 is 7.48. The van der Waals surface area contributed by atoms with Crippen LogP contribution in [0.1, 0.15) is 91.4 Å². The highest BCUT2D eigenvalue weighted by atomic mass is 16.5. The summed E-state index contributed by atoms with van der Waals surface area (Å²) in [5.41, 5.74) is 3.73.